The predicted octanol–water partition coefficient (Wildman–Crippen LogP) is 19.2. The van der Waals surface area contributed by atoms with E-state index in [9.17, 15) is 0 Å². The summed E-state index contributed by atoms with van der Waals surface area (Å²) in [7, 11) is 0. The molecule has 0 N–H and O–H groups in total. The predicted molar refractivity (Wildman–Crippen MR) is 298 cm³/mol. The molecule has 0 saturated carbocycles. The van der Waals surface area contributed by atoms with Crippen molar-refractivity contribution >= 4 is 81.8 Å². The van der Waals surface area contributed by atoms with E-state index < -0.39 is 0 Å². The number of fused-ring (bicyclic) bond motifs is 12. The van der Waals surface area contributed by atoms with Gasteiger partial charge >= 0.3 is 0 Å². The lowest BCUT2D eigenvalue weighted by Gasteiger charge is -2.26. The van der Waals surface area contributed by atoms with Crippen LogP contribution < -0.4 is 4.90 Å². The molecule has 0 aliphatic heterocycles. The lowest BCUT2D eigenvalue weighted by molar-refractivity contribution is 0.660. The molecular formula is C66H52N2S. The van der Waals surface area contributed by atoms with Gasteiger partial charge in [-0.25, -0.2) is 0 Å². The Labute approximate surface area is 408 Å². The molecule has 3 heteroatoms. The molecule has 332 valence electrons. The van der Waals surface area contributed by atoms with Crippen LogP contribution in [0.2, 0.25) is 0 Å². The average molecular weight is 905 g/mol. The summed E-state index contributed by atoms with van der Waals surface area (Å²) in [5.74, 6) is 0. The van der Waals surface area contributed by atoms with Crippen molar-refractivity contribution in [2.45, 2.75) is 52.4 Å². The van der Waals surface area contributed by atoms with Crippen molar-refractivity contribution in [3.8, 4) is 44.5 Å². The van der Waals surface area contributed by atoms with Crippen LogP contribution in [0, 0.1) is 0 Å². The topological polar surface area (TPSA) is 7.65 Å². The quantitative estimate of drug-likeness (QED) is 0.161. The van der Waals surface area contributed by atoms with Crippen LogP contribution in [0.3, 0.4) is 0 Å². The molecule has 69 heavy (non-hydrogen) atoms. The number of aromatic nitrogens is 1. The molecule has 0 unspecified atom stereocenters. The van der Waals surface area contributed by atoms with E-state index in [1.807, 2.05) is 11.3 Å². The molecule has 2 aliphatic carbocycles. The van der Waals surface area contributed by atoms with Gasteiger partial charge in [0.05, 0.1) is 11.0 Å². The molecule has 0 bridgehead atoms. The van der Waals surface area contributed by atoms with Crippen molar-refractivity contribution in [1.82, 2.24) is 4.40 Å². The molecule has 2 aliphatic rings. The van der Waals surface area contributed by atoms with Crippen LogP contribution in [0.5, 0.6) is 0 Å². The number of nitrogens with zero attached hydrogens (tertiary/aromatic N) is 2. The number of rotatable bonds is 6. The minimum Gasteiger partial charge on any atom is -0.312 e. The average Bonchev–Trinajstić information content (AvgIpc) is 4.12. The first-order chi connectivity index (χ1) is 33.9. The third-order valence-electron chi connectivity index (χ3n) is 14.8. The van der Waals surface area contributed by atoms with Crippen molar-refractivity contribution in [1.29, 1.82) is 0 Å². The molecule has 0 fully saturated rings. The zero-order valence-electron chi connectivity index (χ0n) is 39.6. The van der Waals surface area contributed by atoms with E-state index in [2.05, 4.69) is 243 Å². The second-order valence-corrected chi connectivity index (χ2v) is 20.5. The maximum absolute atomic E-state index is 2.56. The molecule has 9 aromatic carbocycles. The number of aryl methyl sites for hydroxylation is 1. The molecule has 0 atom stereocenters. The molecular weight excluding hydrogens is 853 g/mol. The highest BCUT2D eigenvalue weighted by Crippen LogP contribution is 2.52. The molecule has 12 aromatic rings. The molecule has 0 saturated heterocycles. The second-order valence-electron chi connectivity index (χ2n) is 19.4. The van der Waals surface area contributed by atoms with Crippen LogP contribution in [-0.2, 0) is 11.8 Å². The molecule has 2 nitrogen and oxygen atoms in total. The van der Waals surface area contributed by atoms with E-state index in [-0.39, 0.29) is 5.41 Å². The standard InChI is InChI=1S/C63H44N2S.C3H8/c1-63(2)54-21-8-6-16-52(54)60-46(17-11-22-55(60)63)41-27-32-44(33-28-41)64(43-30-25-40(26-31-43)39-13-4-3-5-14-39)45-34-36-50-49-35-29-42(37-58(49)66-59(50)38-45)47-18-12-24-57-61(47)53-20-10-19-51-48-15-7-9-23-56(48)65(57)62(51)53;1-3-2/h3-8,10-22,24-38H,9,23H2,1-2H3;3H2,1-2H3. The summed E-state index contributed by atoms with van der Waals surface area (Å²) in [5.41, 5.74) is 21.8. The zero-order chi connectivity index (χ0) is 46.4. The fraction of sp³-hybridized carbons (Fsp3) is 0.121. The number of thiophene rings is 1. The Kier molecular flexibility index (Phi) is 9.75. The zero-order valence-corrected chi connectivity index (χ0v) is 40.4. The molecule has 14 rings (SSSR count). The van der Waals surface area contributed by atoms with Gasteiger partial charge in [0.15, 0.2) is 0 Å². The SMILES string of the molecule is CC1(C)c2ccccc2-c2c(-c3ccc(N(c4ccc(-c5ccccc5)cc4)c4ccc5c(c4)sc4cc(-c6cccc7c6c6cccc8c9c(n7c86)CCC=C9)ccc45)cc3)cccc21.CCC. The van der Waals surface area contributed by atoms with Gasteiger partial charge in [-0.2, -0.15) is 0 Å². The van der Waals surface area contributed by atoms with E-state index in [1.54, 1.807) is 0 Å². The molecule has 0 spiro atoms. The van der Waals surface area contributed by atoms with Crippen LogP contribution in [-0.4, -0.2) is 4.40 Å². The highest BCUT2D eigenvalue weighted by atomic mass is 32.1. The van der Waals surface area contributed by atoms with E-state index in [0.717, 1.165) is 29.9 Å². The van der Waals surface area contributed by atoms with Crippen LogP contribution >= 0.6 is 11.3 Å². The second kappa shape index (κ2) is 16.2. The van der Waals surface area contributed by atoms with Gasteiger partial charge in [-0.05, 0) is 117 Å². The lowest BCUT2D eigenvalue weighted by atomic mass is 9.82. The van der Waals surface area contributed by atoms with Crippen molar-refractivity contribution < 1.29 is 0 Å². The van der Waals surface area contributed by atoms with Crippen LogP contribution in [0.15, 0.2) is 200 Å². The fourth-order valence-electron chi connectivity index (χ4n) is 11.7. The summed E-state index contributed by atoms with van der Waals surface area (Å²) in [4.78, 5) is 2.42. The van der Waals surface area contributed by atoms with Crippen molar-refractivity contribution in [3.05, 3.63) is 223 Å². The van der Waals surface area contributed by atoms with Gasteiger partial charge < -0.3 is 9.30 Å². The summed E-state index contributed by atoms with van der Waals surface area (Å²) in [6.45, 7) is 8.96. The summed E-state index contributed by atoms with van der Waals surface area (Å²) in [5, 5.41) is 6.65. The van der Waals surface area contributed by atoms with Crippen LogP contribution in [0.1, 0.15) is 62.9 Å². The van der Waals surface area contributed by atoms with Crippen LogP contribution in [0.4, 0.5) is 17.1 Å². The fourth-order valence-corrected chi connectivity index (χ4v) is 12.9. The highest BCUT2D eigenvalue weighted by Gasteiger charge is 2.36. The monoisotopic (exact) mass is 904 g/mol. The lowest BCUT2D eigenvalue weighted by Crippen LogP contribution is -2.14. The Morgan fingerprint density at radius 3 is 1.90 bits per heavy atom. The first kappa shape index (κ1) is 41.5. The van der Waals surface area contributed by atoms with E-state index in [4.69, 9.17) is 0 Å². The summed E-state index contributed by atoms with van der Waals surface area (Å²) < 4.78 is 5.14. The maximum atomic E-state index is 2.56. The third-order valence-corrected chi connectivity index (χ3v) is 15.9. The molecule has 3 heterocycles. The Balaban J connectivity index is 0.00000153. The van der Waals surface area contributed by atoms with Crippen molar-refractivity contribution in [2.24, 2.45) is 0 Å². The Morgan fingerprint density at radius 1 is 0.507 bits per heavy atom. The van der Waals surface area contributed by atoms with Gasteiger partial charge in [-0.3, -0.25) is 0 Å². The number of allylic oxidation sites excluding steroid dienone is 1. The van der Waals surface area contributed by atoms with Gasteiger partial charge in [-0.1, -0.05) is 192 Å². The Hall–Kier alpha value is -7.72. The van der Waals surface area contributed by atoms with Gasteiger partial charge in [0, 0.05) is 70.1 Å². The van der Waals surface area contributed by atoms with Crippen molar-refractivity contribution in [3.63, 3.8) is 0 Å². The largest absolute Gasteiger partial charge is 0.312 e. The van der Waals surface area contributed by atoms with Gasteiger partial charge in [0.2, 0.25) is 0 Å². The number of hydrogen-bond donors (Lipinski definition) is 0. The van der Waals surface area contributed by atoms with E-state index >= 15 is 0 Å². The summed E-state index contributed by atoms with van der Waals surface area (Å²) >= 11 is 1.89. The molecule has 0 amide bonds. The minimum atomic E-state index is -0.0425. The highest BCUT2D eigenvalue weighted by molar-refractivity contribution is 7.25. The number of anilines is 3. The smallest absolute Gasteiger partial charge is 0.0617 e. The normalized spacial score (nSPS) is 13.5. The Morgan fingerprint density at radius 2 is 1.10 bits per heavy atom. The number of benzene rings is 9. The first-order valence-electron chi connectivity index (χ1n) is 24.6. The summed E-state index contributed by atoms with van der Waals surface area (Å²) in [6.07, 6.45) is 8.08. The van der Waals surface area contributed by atoms with Crippen molar-refractivity contribution in [2.75, 3.05) is 4.90 Å². The molecule has 0 radical (unpaired) electrons. The third kappa shape index (κ3) is 6.44. The number of para-hydroxylation sites is 1. The maximum Gasteiger partial charge on any atom is 0.0617 e. The Bertz CT molecular complexity index is 3960. The van der Waals surface area contributed by atoms with Gasteiger partial charge in [-0.15, -0.1) is 11.3 Å². The van der Waals surface area contributed by atoms with Gasteiger partial charge in [0.1, 0.15) is 0 Å². The molecule has 3 aromatic heterocycles. The number of hydrogen-bond acceptors (Lipinski definition) is 2. The summed E-state index contributed by atoms with van der Waals surface area (Å²) in [6, 6.07) is 72.6. The minimum absolute atomic E-state index is 0.0425. The van der Waals surface area contributed by atoms with Crippen LogP contribution in [0.25, 0.3) is 97.9 Å². The van der Waals surface area contributed by atoms with E-state index in [0.29, 0.717) is 0 Å². The van der Waals surface area contributed by atoms with E-state index in [1.165, 1.54) is 121 Å². The van der Waals surface area contributed by atoms with Gasteiger partial charge in [0.25, 0.3) is 0 Å². The first-order valence-corrected chi connectivity index (χ1v) is 25.5.